The maximum Gasteiger partial charge on any atom is 0.162 e. The van der Waals surface area contributed by atoms with Crippen molar-refractivity contribution in [1.82, 2.24) is 4.98 Å². The van der Waals surface area contributed by atoms with E-state index in [1.165, 1.54) is 11.1 Å². The summed E-state index contributed by atoms with van der Waals surface area (Å²) in [6.07, 6.45) is 3.73. The van der Waals surface area contributed by atoms with E-state index in [4.69, 9.17) is 14.2 Å². The minimum absolute atomic E-state index is 0.694. The topological polar surface area (TPSA) is 40.6 Å². The van der Waals surface area contributed by atoms with Crippen LogP contribution in [0, 0.1) is 0 Å². The highest BCUT2D eigenvalue weighted by Gasteiger charge is 2.08. The molecule has 0 N–H and O–H groups in total. The van der Waals surface area contributed by atoms with Crippen LogP contribution < -0.4 is 14.2 Å². The van der Waals surface area contributed by atoms with Crippen molar-refractivity contribution in [2.24, 2.45) is 0 Å². The van der Waals surface area contributed by atoms with E-state index in [-0.39, 0.29) is 0 Å². The zero-order valence-electron chi connectivity index (χ0n) is 14.2. The smallest absolute Gasteiger partial charge is 0.162 e. The second-order valence-electron chi connectivity index (χ2n) is 5.56. The van der Waals surface area contributed by atoms with Crippen molar-refractivity contribution < 1.29 is 14.2 Å². The van der Waals surface area contributed by atoms with E-state index in [9.17, 15) is 0 Å². The number of fused-ring (bicyclic) bond motifs is 1. The molecular weight excluding hydrogens is 302 g/mol. The summed E-state index contributed by atoms with van der Waals surface area (Å²) in [6.45, 7) is 0. The highest BCUT2D eigenvalue weighted by Crippen LogP contribution is 2.31. The molecule has 3 rings (SSSR count). The Bertz CT molecular complexity index is 845. The Labute approximate surface area is 142 Å². The Kier molecular flexibility index (Phi) is 4.85. The van der Waals surface area contributed by atoms with Gasteiger partial charge < -0.3 is 14.2 Å². The molecule has 4 heteroatoms. The number of pyridine rings is 1. The fourth-order valence-corrected chi connectivity index (χ4v) is 2.83. The Hall–Kier alpha value is -2.75. The lowest BCUT2D eigenvalue weighted by Gasteiger charge is -2.10. The predicted octanol–water partition coefficient (Wildman–Crippen LogP) is 4.05. The molecule has 0 spiro atoms. The third-order valence-corrected chi connectivity index (χ3v) is 4.12. The number of ether oxygens (including phenoxy) is 3. The van der Waals surface area contributed by atoms with E-state index in [1.807, 2.05) is 36.5 Å². The van der Waals surface area contributed by atoms with E-state index >= 15 is 0 Å². The van der Waals surface area contributed by atoms with Crippen molar-refractivity contribution in [3.05, 3.63) is 59.8 Å². The van der Waals surface area contributed by atoms with Gasteiger partial charge in [0.25, 0.3) is 0 Å². The van der Waals surface area contributed by atoms with Crippen molar-refractivity contribution in [1.29, 1.82) is 0 Å². The Balaban J connectivity index is 1.85. The fraction of sp³-hybridized carbons (Fsp3) is 0.250. The minimum Gasteiger partial charge on any atom is -0.496 e. The first-order valence-corrected chi connectivity index (χ1v) is 7.87. The van der Waals surface area contributed by atoms with Crippen LogP contribution in [0.2, 0.25) is 0 Å². The summed E-state index contributed by atoms with van der Waals surface area (Å²) in [5.74, 6) is 2.34. The van der Waals surface area contributed by atoms with Crippen LogP contribution in [-0.2, 0) is 12.8 Å². The number of hydrogen-bond acceptors (Lipinski definition) is 4. The quantitative estimate of drug-likeness (QED) is 0.686. The molecule has 1 heterocycles. The molecule has 0 saturated heterocycles. The molecule has 4 nitrogen and oxygen atoms in total. The molecule has 0 bridgehead atoms. The number of rotatable bonds is 6. The van der Waals surface area contributed by atoms with Crippen LogP contribution in [-0.4, -0.2) is 26.3 Å². The SMILES string of the molecule is COc1ccccc1CCc1cnc2cc(OC)c(OC)cc2c1. The number of hydrogen-bond donors (Lipinski definition) is 0. The minimum atomic E-state index is 0.694. The number of methoxy groups -OCH3 is 3. The summed E-state index contributed by atoms with van der Waals surface area (Å²) in [4.78, 5) is 4.55. The molecule has 24 heavy (non-hydrogen) atoms. The van der Waals surface area contributed by atoms with Crippen LogP contribution in [0.3, 0.4) is 0 Å². The molecule has 0 fully saturated rings. The first kappa shape index (κ1) is 16.1. The maximum absolute atomic E-state index is 5.41. The van der Waals surface area contributed by atoms with Gasteiger partial charge in [-0.2, -0.15) is 0 Å². The number of aryl methyl sites for hydroxylation is 2. The monoisotopic (exact) mass is 323 g/mol. The summed E-state index contributed by atoms with van der Waals surface area (Å²) in [7, 11) is 4.98. The van der Waals surface area contributed by atoms with Crippen molar-refractivity contribution in [2.45, 2.75) is 12.8 Å². The molecule has 2 aromatic carbocycles. The Morgan fingerprint density at radius 2 is 1.50 bits per heavy atom. The highest BCUT2D eigenvalue weighted by atomic mass is 16.5. The van der Waals surface area contributed by atoms with Gasteiger partial charge in [0.15, 0.2) is 11.5 Å². The zero-order valence-corrected chi connectivity index (χ0v) is 14.2. The molecule has 0 atom stereocenters. The average Bonchev–Trinajstić information content (AvgIpc) is 2.65. The van der Waals surface area contributed by atoms with E-state index in [2.05, 4.69) is 17.1 Å². The summed E-state index contributed by atoms with van der Waals surface area (Å²) >= 11 is 0. The van der Waals surface area contributed by atoms with Gasteiger partial charge in [0.05, 0.1) is 26.8 Å². The van der Waals surface area contributed by atoms with Gasteiger partial charge >= 0.3 is 0 Å². The van der Waals surface area contributed by atoms with Gasteiger partial charge in [0.2, 0.25) is 0 Å². The van der Waals surface area contributed by atoms with E-state index in [0.29, 0.717) is 11.5 Å². The largest absolute Gasteiger partial charge is 0.496 e. The van der Waals surface area contributed by atoms with E-state index in [1.54, 1.807) is 21.3 Å². The van der Waals surface area contributed by atoms with Gasteiger partial charge in [0, 0.05) is 17.6 Å². The molecule has 0 radical (unpaired) electrons. The number of aromatic nitrogens is 1. The summed E-state index contributed by atoms with van der Waals surface area (Å²) in [6, 6.07) is 14.1. The van der Waals surface area contributed by atoms with Gasteiger partial charge in [-0.1, -0.05) is 18.2 Å². The first-order chi connectivity index (χ1) is 11.7. The van der Waals surface area contributed by atoms with Gasteiger partial charge in [-0.3, -0.25) is 4.98 Å². The molecule has 0 aliphatic rings. The van der Waals surface area contributed by atoms with Crippen molar-refractivity contribution in [2.75, 3.05) is 21.3 Å². The normalized spacial score (nSPS) is 10.6. The maximum atomic E-state index is 5.41. The van der Waals surface area contributed by atoms with Gasteiger partial charge in [-0.15, -0.1) is 0 Å². The van der Waals surface area contributed by atoms with Crippen LogP contribution >= 0.6 is 0 Å². The Morgan fingerprint density at radius 1 is 0.792 bits per heavy atom. The third-order valence-electron chi connectivity index (χ3n) is 4.12. The van der Waals surface area contributed by atoms with Gasteiger partial charge in [0.1, 0.15) is 5.75 Å². The predicted molar refractivity (Wildman–Crippen MR) is 95.2 cm³/mol. The van der Waals surface area contributed by atoms with Crippen LogP contribution in [0.4, 0.5) is 0 Å². The van der Waals surface area contributed by atoms with E-state index < -0.39 is 0 Å². The fourth-order valence-electron chi connectivity index (χ4n) is 2.83. The molecule has 0 saturated carbocycles. The molecule has 3 aromatic rings. The van der Waals surface area contributed by atoms with Crippen molar-refractivity contribution >= 4 is 10.9 Å². The third kappa shape index (κ3) is 3.27. The molecular formula is C20H21NO3. The number of nitrogens with zero attached hydrogens (tertiary/aromatic N) is 1. The highest BCUT2D eigenvalue weighted by molar-refractivity contribution is 5.83. The lowest BCUT2D eigenvalue weighted by molar-refractivity contribution is 0.356. The number of para-hydroxylation sites is 1. The van der Waals surface area contributed by atoms with Gasteiger partial charge in [-0.25, -0.2) is 0 Å². The van der Waals surface area contributed by atoms with Crippen LogP contribution in [0.15, 0.2) is 48.7 Å². The molecule has 0 aliphatic carbocycles. The van der Waals surface area contributed by atoms with Crippen LogP contribution in [0.5, 0.6) is 17.2 Å². The molecule has 0 unspecified atom stereocenters. The molecule has 0 amide bonds. The molecule has 0 aliphatic heterocycles. The van der Waals surface area contributed by atoms with Crippen molar-refractivity contribution in [3.63, 3.8) is 0 Å². The van der Waals surface area contributed by atoms with E-state index in [0.717, 1.165) is 29.5 Å². The summed E-state index contributed by atoms with van der Waals surface area (Å²) < 4.78 is 16.1. The number of benzene rings is 2. The second kappa shape index (κ2) is 7.21. The second-order valence-corrected chi connectivity index (χ2v) is 5.56. The molecule has 1 aromatic heterocycles. The van der Waals surface area contributed by atoms with Crippen LogP contribution in [0.1, 0.15) is 11.1 Å². The first-order valence-electron chi connectivity index (χ1n) is 7.87. The lowest BCUT2D eigenvalue weighted by atomic mass is 10.0. The Morgan fingerprint density at radius 3 is 2.25 bits per heavy atom. The zero-order chi connectivity index (χ0) is 16.9. The molecule has 124 valence electrons. The van der Waals surface area contributed by atoms with Gasteiger partial charge in [-0.05, 0) is 42.2 Å². The lowest BCUT2D eigenvalue weighted by Crippen LogP contribution is -1.97. The average molecular weight is 323 g/mol. The summed E-state index contributed by atoms with van der Waals surface area (Å²) in [5, 5.41) is 1.05. The van der Waals surface area contributed by atoms with Crippen LogP contribution in [0.25, 0.3) is 10.9 Å². The standard InChI is InChI=1S/C20H21NO3/c1-22-18-7-5-4-6-15(18)9-8-14-10-16-11-19(23-2)20(24-3)12-17(16)21-13-14/h4-7,10-13H,8-9H2,1-3H3. The van der Waals surface area contributed by atoms with Crippen molar-refractivity contribution in [3.8, 4) is 17.2 Å². The summed E-state index contributed by atoms with van der Waals surface area (Å²) in [5.41, 5.74) is 3.28.